The van der Waals surface area contributed by atoms with Gasteiger partial charge in [0.25, 0.3) is 0 Å². The first-order valence-electron chi connectivity index (χ1n) is 18.6. The zero-order chi connectivity index (χ0) is 38.0. The highest BCUT2D eigenvalue weighted by molar-refractivity contribution is 7.99. The Bertz CT molecular complexity index is 1600. The van der Waals surface area contributed by atoms with Crippen molar-refractivity contribution in [3.05, 3.63) is 54.4 Å². The molecule has 2 aliphatic rings. The molecule has 52 heavy (non-hydrogen) atoms. The maximum atomic E-state index is 13.2. The highest BCUT2D eigenvalue weighted by Gasteiger charge is 2.47. The number of aliphatic hydroxyl groups is 5. The number of ether oxygens (including phenoxy) is 1. The third kappa shape index (κ3) is 8.60. The molecule has 1 aromatic heterocycles. The summed E-state index contributed by atoms with van der Waals surface area (Å²) in [4.78, 5) is 22.4. The Hall–Kier alpha value is -2.81. The van der Waals surface area contributed by atoms with Crippen molar-refractivity contribution in [2.24, 2.45) is 17.8 Å². The van der Waals surface area contributed by atoms with Crippen LogP contribution in [0.5, 0.6) is 0 Å². The minimum atomic E-state index is -1.80. The number of esters is 1. The van der Waals surface area contributed by atoms with Crippen LogP contribution in [0.4, 0.5) is 0 Å². The number of hydrogen-bond donors (Lipinski definition) is 6. The molecule has 6 N–H and O–H groups in total. The molecule has 2 aromatic carbocycles. The van der Waals surface area contributed by atoms with E-state index in [0.29, 0.717) is 38.5 Å². The molecular weight excluding hydrogens is 683 g/mol. The maximum Gasteiger partial charge on any atom is 0.311 e. The number of oxazole rings is 1. The van der Waals surface area contributed by atoms with Crippen molar-refractivity contribution in [1.82, 2.24) is 15.2 Å². The van der Waals surface area contributed by atoms with Crippen LogP contribution in [0.1, 0.15) is 73.6 Å². The zero-order valence-electron chi connectivity index (χ0n) is 31.5. The van der Waals surface area contributed by atoms with Gasteiger partial charge in [-0.15, -0.1) is 0 Å². The van der Waals surface area contributed by atoms with Crippen LogP contribution in [-0.4, -0.2) is 103 Å². The normalized spacial score (nSPS) is 33.5. The van der Waals surface area contributed by atoms with Gasteiger partial charge in [0.1, 0.15) is 23.5 Å². The van der Waals surface area contributed by atoms with E-state index < -0.39 is 59.5 Å². The number of aliphatic hydroxyl groups excluding tert-OH is 3. The van der Waals surface area contributed by atoms with Gasteiger partial charge in [0, 0.05) is 39.4 Å². The summed E-state index contributed by atoms with van der Waals surface area (Å²) in [7, 11) is 0. The van der Waals surface area contributed by atoms with Gasteiger partial charge in [-0.1, -0.05) is 68.9 Å². The van der Waals surface area contributed by atoms with Crippen LogP contribution in [-0.2, 0) is 16.1 Å². The van der Waals surface area contributed by atoms with Gasteiger partial charge in [0.15, 0.2) is 5.76 Å². The Morgan fingerprint density at radius 1 is 0.962 bits per heavy atom. The van der Waals surface area contributed by atoms with Crippen molar-refractivity contribution >= 4 is 17.7 Å². The monoisotopic (exact) mass is 739 g/mol. The van der Waals surface area contributed by atoms with E-state index in [-0.39, 0.29) is 18.8 Å². The Labute approximate surface area is 311 Å². The number of hydrogen-bond acceptors (Lipinski definition) is 12. The standard InChI is InChI=1S/C40H57N3O8S/c1-8-31-40(7,49)37(46)26(5)43(22-23(2)20-39(6,48)36(45)24(3)34(44)25(4)38(47)50-31)19-13-18-41-21-32-42-33-27-14-9-11-16-29(27)52-30-17-12-10-15-28(30)35(33)51-32/h9-12,14-17,23-26,31,34,36-37,41,44-46,48-49H,8,13,18-22H2,1-7H3/t23-,24+,25-,26-,31-,34+,36-,37-,39-,40-/m1/s1. The minimum Gasteiger partial charge on any atom is -0.459 e. The summed E-state index contributed by atoms with van der Waals surface area (Å²) >= 11 is 1.71. The molecule has 11 nitrogen and oxygen atoms in total. The average Bonchev–Trinajstić information content (AvgIpc) is 3.49. The third-order valence-electron chi connectivity index (χ3n) is 11.0. The van der Waals surface area contributed by atoms with Gasteiger partial charge in [-0.2, -0.15) is 0 Å². The lowest BCUT2D eigenvalue weighted by molar-refractivity contribution is -0.193. The molecule has 12 heteroatoms. The van der Waals surface area contributed by atoms with Crippen LogP contribution in [0.15, 0.2) is 62.7 Å². The fraction of sp³-hybridized carbons (Fsp3) is 0.600. The minimum absolute atomic E-state index is 0.143. The van der Waals surface area contributed by atoms with Crippen molar-refractivity contribution in [3.63, 3.8) is 0 Å². The first-order chi connectivity index (χ1) is 24.6. The number of rotatable bonds is 7. The third-order valence-corrected chi connectivity index (χ3v) is 12.2. The molecule has 0 radical (unpaired) electrons. The lowest BCUT2D eigenvalue weighted by atomic mass is 9.78. The Balaban J connectivity index is 1.31. The van der Waals surface area contributed by atoms with Crippen LogP contribution >= 0.6 is 11.8 Å². The van der Waals surface area contributed by atoms with E-state index in [4.69, 9.17) is 14.1 Å². The van der Waals surface area contributed by atoms with Crippen LogP contribution in [0, 0.1) is 17.8 Å². The van der Waals surface area contributed by atoms with Gasteiger partial charge in [-0.05, 0) is 78.1 Å². The predicted molar refractivity (Wildman–Crippen MR) is 200 cm³/mol. The largest absolute Gasteiger partial charge is 0.459 e. The van der Waals surface area contributed by atoms with E-state index in [9.17, 15) is 30.3 Å². The number of nitrogens with zero attached hydrogens (tertiary/aromatic N) is 2. The fourth-order valence-corrected chi connectivity index (χ4v) is 8.94. The highest BCUT2D eigenvalue weighted by Crippen LogP contribution is 2.47. The van der Waals surface area contributed by atoms with Crippen LogP contribution < -0.4 is 5.32 Å². The number of benzene rings is 2. The molecule has 0 bridgehead atoms. The van der Waals surface area contributed by atoms with E-state index in [1.165, 1.54) is 13.8 Å². The quantitative estimate of drug-likeness (QED) is 0.113. The summed E-state index contributed by atoms with van der Waals surface area (Å²) in [6.45, 7) is 13.7. The van der Waals surface area contributed by atoms with Gasteiger partial charge in [-0.25, -0.2) is 4.98 Å². The summed E-state index contributed by atoms with van der Waals surface area (Å²) in [5, 5.41) is 60.4. The Morgan fingerprint density at radius 2 is 1.60 bits per heavy atom. The molecule has 0 saturated carbocycles. The first kappa shape index (κ1) is 40.4. The number of aromatic nitrogens is 1. The number of fused-ring (bicyclic) bond motifs is 5. The molecule has 3 aromatic rings. The van der Waals surface area contributed by atoms with Crippen molar-refractivity contribution in [2.45, 2.75) is 126 Å². The van der Waals surface area contributed by atoms with Crippen LogP contribution in [0.2, 0.25) is 0 Å². The number of carbonyl (C=O) groups is 1. The fourth-order valence-electron chi connectivity index (χ4n) is 7.86. The van der Waals surface area contributed by atoms with Crippen molar-refractivity contribution in [2.75, 3.05) is 19.6 Å². The molecule has 5 rings (SSSR count). The van der Waals surface area contributed by atoms with Crippen molar-refractivity contribution in [3.8, 4) is 22.6 Å². The molecule has 1 saturated heterocycles. The average molecular weight is 740 g/mol. The second kappa shape index (κ2) is 16.7. The molecule has 3 heterocycles. The van der Waals surface area contributed by atoms with E-state index in [0.717, 1.165) is 32.4 Å². The van der Waals surface area contributed by atoms with Gasteiger partial charge in [0.05, 0.1) is 30.3 Å². The smallest absolute Gasteiger partial charge is 0.311 e. The molecule has 286 valence electrons. The van der Waals surface area contributed by atoms with E-state index in [2.05, 4.69) is 34.5 Å². The molecule has 0 aliphatic carbocycles. The van der Waals surface area contributed by atoms with Crippen molar-refractivity contribution in [1.29, 1.82) is 0 Å². The Morgan fingerprint density at radius 3 is 2.27 bits per heavy atom. The summed E-state index contributed by atoms with van der Waals surface area (Å²) < 4.78 is 12.1. The van der Waals surface area contributed by atoms with Gasteiger partial charge < -0.3 is 40.0 Å². The van der Waals surface area contributed by atoms with E-state index >= 15 is 0 Å². The molecule has 0 spiro atoms. The molecule has 2 aliphatic heterocycles. The lowest BCUT2D eigenvalue weighted by Gasteiger charge is -2.43. The predicted octanol–water partition coefficient (Wildman–Crippen LogP) is 4.86. The molecule has 10 atom stereocenters. The van der Waals surface area contributed by atoms with E-state index in [1.807, 2.05) is 38.1 Å². The number of carbonyl (C=O) groups excluding carboxylic acids is 1. The second-order valence-electron chi connectivity index (χ2n) is 15.4. The molecule has 0 unspecified atom stereocenters. The van der Waals surface area contributed by atoms with Gasteiger partial charge in [-0.3, -0.25) is 9.69 Å². The van der Waals surface area contributed by atoms with Gasteiger partial charge >= 0.3 is 5.97 Å². The highest BCUT2D eigenvalue weighted by atomic mass is 32.2. The summed E-state index contributed by atoms with van der Waals surface area (Å²) in [5.74, 6) is -1.44. The summed E-state index contributed by atoms with van der Waals surface area (Å²) in [5.41, 5.74) is -0.492. The summed E-state index contributed by atoms with van der Waals surface area (Å²) in [6, 6.07) is 15.8. The van der Waals surface area contributed by atoms with E-state index in [1.54, 1.807) is 32.5 Å². The van der Waals surface area contributed by atoms with Crippen LogP contribution in [0.3, 0.4) is 0 Å². The molecular formula is C40H57N3O8S. The zero-order valence-corrected chi connectivity index (χ0v) is 32.3. The van der Waals surface area contributed by atoms with Crippen molar-refractivity contribution < 1.29 is 39.5 Å². The van der Waals surface area contributed by atoms with Gasteiger partial charge in [0.2, 0.25) is 5.89 Å². The topological polar surface area (TPSA) is 169 Å². The summed E-state index contributed by atoms with van der Waals surface area (Å²) in [6.07, 6.45) is -3.85. The van der Waals surface area contributed by atoms with Crippen LogP contribution in [0.25, 0.3) is 22.6 Å². The first-order valence-corrected chi connectivity index (χ1v) is 19.4. The second-order valence-corrected chi connectivity index (χ2v) is 16.5. The number of cyclic esters (lactones) is 1. The lowest BCUT2D eigenvalue weighted by Crippen LogP contribution is -2.59. The molecule has 1 fully saturated rings. The Kier molecular flexibility index (Phi) is 13.0. The molecule has 0 amide bonds. The SMILES string of the molecule is CC[C@H]1OC(=O)[C@H](C)[C@@H](O)[C@H](C)[C@@H](O)[C@](C)(O)C[C@@H](C)CN(CCCNCc2nc3c(o2)-c2ccccc2Sc2ccccc2-3)[C@H](C)[C@@H](O)[C@]1(C)O. The number of nitrogens with one attached hydrogen (secondary N) is 1. The maximum absolute atomic E-state index is 13.2.